The third-order valence-corrected chi connectivity index (χ3v) is 3.48. The van der Waals surface area contributed by atoms with E-state index in [4.69, 9.17) is 0 Å². The van der Waals surface area contributed by atoms with E-state index < -0.39 is 0 Å². The number of rotatable bonds is 5. The molecule has 2 amide bonds. The third kappa shape index (κ3) is 4.56. The molecule has 0 aromatic heterocycles. The first kappa shape index (κ1) is 15.5. The van der Waals surface area contributed by atoms with Crippen LogP contribution >= 0.6 is 0 Å². The molecule has 0 saturated carbocycles. The molecule has 1 aromatic rings. The smallest absolute Gasteiger partial charge is 0.253 e. The number of carbonyl (C=O) groups excluding carboxylic acids is 2. The molecule has 0 unspecified atom stereocenters. The summed E-state index contributed by atoms with van der Waals surface area (Å²) in [5.74, 6) is -0.00540. The molecular formula is C16H23N3O2. The highest BCUT2D eigenvalue weighted by Gasteiger charge is 2.19. The van der Waals surface area contributed by atoms with Gasteiger partial charge in [-0.05, 0) is 37.1 Å². The van der Waals surface area contributed by atoms with Crippen LogP contribution in [0.25, 0.3) is 0 Å². The van der Waals surface area contributed by atoms with Gasteiger partial charge in [-0.25, -0.2) is 0 Å². The SMILES string of the molecule is CC(C)NCC(=O)Nc1ccc(C(=O)N2CCCC2)cc1. The largest absolute Gasteiger partial charge is 0.339 e. The predicted molar refractivity (Wildman–Crippen MR) is 83.3 cm³/mol. The lowest BCUT2D eigenvalue weighted by Crippen LogP contribution is -2.32. The van der Waals surface area contributed by atoms with E-state index in [1.54, 1.807) is 24.3 Å². The Kier molecular flexibility index (Phi) is 5.33. The minimum atomic E-state index is -0.0812. The molecule has 5 nitrogen and oxygen atoms in total. The summed E-state index contributed by atoms with van der Waals surface area (Å²) in [5.41, 5.74) is 1.39. The summed E-state index contributed by atoms with van der Waals surface area (Å²) >= 11 is 0. The van der Waals surface area contributed by atoms with Gasteiger partial charge in [0.2, 0.25) is 5.91 Å². The highest BCUT2D eigenvalue weighted by molar-refractivity contribution is 5.96. The Morgan fingerprint density at radius 2 is 1.76 bits per heavy atom. The lowest BCUT2D eigenvalue weighted by Gasteiger charge is -2.15. The Morgan fingerprint density at radius 1 is 1.14 bits per heavy atom. The van der Waals surface area contributed by atoms with Crippen LogP contribution in [0.1, 0.15) is 37.0 Å². The fourth-order valence-electron chi connectivity index (χ4n) is 2.30. The minimum Gasteiger partial charge on any atom is -0.339 e. The number of hydrogen-bond donors (Lipinski definition) is 2. The number of benzene rings is 1. The maximum absolute atomic E-state index is 12.2. The maximum Gasteiger partial charge on any atom is 0.253 e. The summed E-state index contributed by atoms with van der Waals surface area (Å²) in [6.07, 6.45) is 2.17. The number of nitrogens with one attached hydrogen (secondary N) is 2. The Morgan fingerprint density at radius 3 is 2.33 bits per heavy atom. The van der Waals surface area contributed by atoms with Crippen molar-refractivity contribution in [3.8, 4) is 0 Å². The Hall–Kier alpha value is -1.88. The first-order chi connectivity index (χ1) is 10.1. The molecule has 114 valence electrons. The van der Waals surface area contributed by atoms with E-state index in [1.807, 2.05) is 18.7 Å². The zero-order chi connectivity index (χ0) is 15.2. The molecule has 2 N–H and O–H groups in total. The van der Waals surface area contributed by atoms with E-state index in [0.717, 1.165) is 25.9 Å². The van der Waals surface area contributed by atoms with Gasteiger partial charge in [0.1, 0.15) is 0 Å². The standard InChI is InChI=1S/C16H23N3O2/c1-12(2)17-11-15(20)18-14-7-5-13(6-8-14)16(21)19-9-3-4-10-19/h5-8,12,17H,3-4,9-11H2,1-2H3,(H,18,20). The number of anilines is 1. The summed E-state index contributed by atoms with van der Waals surface area (Å²) < 4.78 is 0. The van der Waals surface area contributed by atoms with E-state index in [1.165, 1.54) is 0 Å². The van der Waals surface area contributed by atoms with Gasteiger partial charge in [-0.3, -0.25) is 9.59 Å². The summed E-state index contributed by atoms with van der Waals surface area (Å²) in [6.45, 7) is 5.96. The number of carbonyl (C=O) groups is 2. The van der Waals surface area contributed by atoms with Crippen molar-refractivity contribution in [2.75, 3.05) is 25.0 Å². The van der Waals surface area contributed by atoms with Crippen LogP contribution in [0.5, 0.6) is 0 Å². The molecule has 0 aliphatic carbocycles. The minimum absolute atomic E-state index is 0.0758. The fraction of sp³-hybridized carbons (Fsp3) is 0.500. The first-order valence-corrected chi connectivity index (χ1v) is 7.49. The van der Waals surface area contributed by atoms with E-state index >= 15 is 0 Å². The van der Waals surface area contributed by atoms with E-state index in [-0.39, 0.29) is 24.4 Å². The van der Waals surface area contributed by atoms with Crippen LogP contribution < -0.4 is 10.6 Å². The average Bonchev–Trinajstić information content (AvgIpc) is 2.99. The molecule has 0 spiro atoms. The van der Waals surface area contributed by atoms with E-state index in [0.29, 0.717) is 11.3 Å². The van der Waals surface area contributed by atoms with Crippen molar-refractivity contribution in [1.82, 2.24) is 10.2 Å². The van der Waals surface area contributed by atoms with Crippen LogP contribution in [-0.4, -0.2) is 42.4 Å². The number of likely N-dealkylation sites (tertiary alicyclic amines) is 1. The second-order valence-corrected chi connectivity index (χ2v) is 5.66. The Balaban J connectivity index is 1.89. The second kappa shape index (κ2) is 7.22. The summed E-state index contributed by atoms with van der Waals surface area (Å²) in [6, 6.07) is 7.36. The van der Waals surface area contributed by atoms with Gasteiger partial charge in [-0.15, -0.1) is 0 Å². The molecule has 2 rings (SSSR count). The first-order valence-electron chi connectivity index (χ1n) is 7.49. The van der Waals surface area contributed by atoms with Crippen LogP contribution in [0.4, 0.5) is 5.69 Å². The molecule has 1 heterocycles. The summed E-state index contributed by atoms with van der Waals surface area (Å²) in [5, 5.41) is 5.87. The molecular weight excluding hydrogens is 266 g/mol. The van der Waals surface area contributed by atoms with Crippen molar-refractivity contribution in [2.45, 2.75) is 32.7 Å². The van der Waals surface area contributed by atoms with Crippen molar-refractivity contribution in [3.63, 3.8) is 0 Å². The van der Waals surface area contributed by atoms with Crippen LogP contribution in [0.2, 0.25) is 0 Å². The van der Waals surface area contributed by atoms with Crippen molar-refractivity contribution in [3.05, 3.63) is 29.8 Å². The van der Waals surface area contributed by atoms with E-state index in [2.05, 4.69) is 10.6 Å². The second-order valence-electron chi connectivity index (χ2n) is 5.66. The summed E-state index contributed by atoms with van der Waals surface area (Å²) in [7, 11) is 0. The van der Waals surface area contributed by atoms with Crippen LogP contribution in [-0.2, 0) is 4.79 Å². The highest BCUT2D eigenvalue weighted by atomic mass is 16.2. The van der Waals surface area contributed by atoms with Crippen molar-refractivity contribution < 1.29 is 9.59 Å². The van der Waals surface area contributed by atoms with Gasteiger partial charge in [-0.1, -0.05) is 13.8 Å². The van der Waals surface area contributed by atoms with Gasteiger partial charge in [0.15, 0.2) is 0 Å². The van der Waals surface area contributed by atoms with Crippen LogP contribution in [0.15, 0.2) is 24.3 Å². The molecule has 1 aliphatic heterocycles. The van der Waals surface area contributed by atoms with Gasteiger partial charge in [-0.2, -0.15) is 0 Å². The zero-order valence-corrected chi connectivity index (χ0v) is 12.7. The Labute approximate surface area is 125 Å². The molecule has 0 radical (unpaired) electrons. The van der Waals surface area contributed by atoms with Crippen molar-refractivity contribution in [2.24, 2.45) is 0 Å². The van der Waals surface area contributed by atoms with Crippen molar-refractivity contribution in [1.29, 1.82) is 0 Å². The normalized spacial score (nSPS) is 14.5. The van der Waals surface area contributed by atoms with Gasteiger partial charge >= 0.3 is 0 Å². The number of hydrogen-bond acceptors (Lipinski definition) is 3. The van der Waals surface area contributed by atoms with Crippen molar-refractivity contribution >= 4 is 17.5 Å². The lowest BCUT2D eigenvalue weighted by atomic mass is 10.2. The van der Waals surface area contributed by atoms with Crippen LogP contribution in [0, 0.1) is 0 Å². The molecule has 1 aliphatic rings. The molecule has 5 heteroatoms. The van der Waals surface area contributed by atoms with Gasteiger partial charge in [0.25, 0.3) is 5.91 Å². The number of nitrogens with zero attached hydrogens (tertiary/aromatic N) is 1. The predicted octanol–water partition coefficient (Wildman–Crippen LogP) is 1.86. The average molecular weight is 289 g/mol. The third-order valence-electron chi connectivity index (χ3n) is 3.48. The topological polar surface area (TPSA) is 61.4 Å². The lowest BCUT2D eigenvalue weighted by molar-refractivity contribution is -0.115. The molecule has 0 bridgehead atoms. The molecule has 1 fully saturated rings. The van der Waals surface area contributed by atoms with Gasteiger partial charge < -0.3 is 15.5 Å². The van der Waals surface area contributed by atoms with Gasteiger partial charge in [0.05, 0.1) is 6.54 Å². The fourth-order valence-corrected chi connectivity index (χ4v) is 2.30. The van der Waals surface area contributed by atoms with E-state index in [9.17, 15) is 9.59 Å². The highest BCUT2D eigenvalue weighted by Crippen LogP contribution is 2.15. The molecule has 1 aromatic carbocycles. The molecule has 1 saturated heterocycles. The Bertz CT molecular complexity index is 491. The van der Waals surface area contributed by atoms with Gasteiger partial charge in [0, 0.05) is 30.4 Å². The molecule has 21 heavy (non-hydrogen) atoms. The maximum atomic E-state index is 12.2. The molecule has 0 atom stereocenters. The quantitative estimate of drug-likeness (QED) is 0.870. The number of amides is 2. The monoisotopic (exact) mass is 289 g/mol. The summed E-state index contributed by atoms with van der Waals surface area (Å²) in [4.78, 5) is 25.8. The van der Waals surface area contributed by atoms with Crippen LogP contribution in [0.3, 0.4) is 0 Å². The zero-order valence-electron chi connectivity index (χ0n) is 12.7.